The first kappa shape index (κ1) is 14.8. The minimum Gasteiger partial charge on any atom is -0.491 e. The standard InChI is InChI=1S/C12H14ClN3O3S/c1-8(2)19-10-6-4-5-9(7-10)11-14-15-12(16(11)3)20(13,17)18/h4-8H,1-3H3. The quantitative estimate of drug-likeness (QED) is 0.809. The molecule has 2 aromatic rings. The fourth-order valence-electron chi connectivity index (χ4n) is 1.76. The molecule has 0 N–H and O–H groups in total. The highest BCUT2D eigenvalue weighted by Gasteiger charge is 2.21. The Morgan fingerprint density at radius 1 is 1.30 bits per heavy atom. The van der Waals surface area contributed by atoms with Gasteiger partial charge in [0.25, 0.3) is 14.2 Å². The lowest BCUT2D eigenvalue weighted by Crippen LogP contribution is -2.06. The van der Waals surface area contributed by atoms with Gasteiger partial charge in [-0.1, -0.05) is 12.1 Å². The molecule has 20 heavy (non-hydrogen) atoms. The maximum atomic E-state index is 11.3. The molecular weight excluding hydrogens is 302 g/mol. The Kier molecular flexibility index (Phi) is 4.01. The summed E-state index contributed by atoms with van der Waals surface area (Å²) in [6.45, 7) is 3.85. The molecule has 0 amide bonds. The molecule has 0 bridgehead atoms. The highest BCUT2D eigenvalue weighted by atomic mass is 35.7. The lowest BCUT2D eigenvalue weighted by atomic mass is 10.2. The van der Waals surface area contributed by atoms with E-state index in [2.05, 4.69) is 10.2 Å². The molecule has 2 rings (SSSR count). The summed E-state index contributed by atoms with van der Waals surface area (Å²) in [6, 6.07) is 7.19. The van der Waals surface area contributed by atoms with Crippen LogP contribution in [0.15, 0.2) is 29.4 Å². The number of benzene rings is 1. The summed E-state index contributed by atoms with van der Waals surface area (Å²) < 4.78 is 29.6. The summed E-state index contributed by atoms with van der Waals surface area (Å²) in [5.74, 6) is 1.08. The minimum absolute atomic E-state index is 0.0449. The summed E-state index contributed by atoms with van der Waals surface area (Å²) in [6.07, 6.45) is 0.0449. The maximum Gasteiger partial charge on any atom is 0.296 e. The van der Waals surface area contributed by atoms with E-state index in [0.717, 1.165) is 0 Å². The molecule has 0 atom stereocenters. The molecule has 0 fully saturated rings. The molecule has 0 aliphatic carbocycles. The number of rotatable bonds is 4. The van der Waals surface area contributed by atoms with Gasteiger partial charge in [-0.05, 0) is 26.0 Å². The molecular formula is C12H14ClN3O3S. The predicted molar refractivity (Wildman–Crippen MR) is 75.2 cm³/mol. The molecule has 1 heterocycles. The van der Waals surface area contributed by atoms with Gasteiger partial charge < -0.3 is 4.74 Å². The first-order chi connectivity index (χ1) is 9.29. The van der Waals surface area contributed by atoms with Gasteiger partial charge in [-0.25, -0.2) is 8.42 Å². The molecule has 0 saturated heterocycles. The molecule has 0 unspecified atom stereocenters. The van der Waals surface area contributed by atoms with E-state index in [-0.39, 0.29) is 11.3 Å². The third-order valence-electron chi connectivity index (χ3n) is 2.52. The van der Waals surface area contributed by atoms with Crippen molar-refractivity contribution in [2.24, 2.45) is 7.05 Å². The van der Waals surface area contributed by atoms with Gasteiger partial charge in [-0.2, -0.15) is 0 Å². The van der Waals surface area contributed by atoms with Crippen LogP contribution in [0.3, 0.4) is 0 Å². The number of halogens is 1. The van der Waals surface area contributed by atoms with Crippen LogP contribution in [-0.2, 0) is 16.1 Å². The third kappa shape index (κ3) is 3.10. The van der Waals surface area contributed by atoms with Crippen molar-refractivity contribution in [3.8, 4) is 17.1 Å². The van der Waals surface area contributed by atoms with Crippen LogP contribution in [0, 0.1) is 0 Å². The fraction of sp³-hybridized carbons (Fsp3) is 0.333. The second-order valence-electron chi connectivity index (χ2n) is 4.50. The molecule has 8 heteroatoms. The lowest BCUT2D eigenvalue weighted by Gasteiger charge is -2.10. The zero-order valence-electron chi connectivity index (χ0n) is 11.2. The van der Waals surface area contributed by atoms with Crippen LogP contribution in [0.1, 0.15) is 13.8 Å². The van der Waals surface area contributed by atoms with E-state index in [9.17, 15) is 8.42 Å². The zero-order valence-corrected chi connectivity index (χ0v) is 12.8. The Labute approximate surface area is 121 Å². The van der Waals surface area contributed by atoms with Crippen LogP contribution in [0.5, 0.6) is 5.75 Å². The SMILES string of the molecule is CC(C)Oc1cccc(-c2nnc(S(=O)(=O)Cl)n2C)c1. The van der Waals surface area contributed by atoms with E-state index < -0.39 is 9.05 Å². The van der Waals surface area contributed by atoms with Crippen LogP contribution in [0.2, 0.25) is 0 Å². The van der Waals surface area contributed by atoms with Crippen molar-refractivity contribution < 1.29 is 13.2 Å². The van der Waals surface area contributed by atoms with Crippen LogP contribution < -0.4 is 4.74 Å². The molecule has 0 aliphatic heterocycles. The summed E-state index contributed by atoms with van der Waals surface area (Å²) >= 11 is 0. The molecule has 0 radical (unpaired) electrons. The Balaban J connectivity index is 2.45. The second-order valence-corrected chi connectivity index (χ2v) is 6.96. The van der Waals surface area contributed by atoms with E-state index in [1.54, 1.807) is 25.2 Å². The first-order valence-corrected chi connectivity index (χ1v) is 8.21. The number of ether oxygens (including phenoxy) is 1. The predicted octanol–water partition coefficient (Wildman–Crippen LogP) is 2.20. The average Bonchev–Trinajstić information content (AvgIpc) is 2.70. The van der Waals surface area contributed by atoms with Crippen LogP contribution in [0.25, 0.3) is 11.4 Å². The Bertz CT molecular complexity index is 725. The third-order valence-corrected chi connectivity index (χ3v) is 3.72. The van der Waals surface area contributed by atoms with Crippen LogP contribution in [0.4, 0.5) is 0 Å². The van der Waals surface area contributed by atoms with Crippen LogP contribution in [-0.4, -0.2) is 29.3 Å². The molecule has 108 valence electrons. The van der Waals surface area contributed by atoms with Gasteiger partial charge >= 0.3 is 0 Å². The van der Waals surface area contributed by atoms with Gasteiger partial charge in [0.2, 0.25) is 0 Å². The van der Waals surface area contributed by atoms with E-state index in [0.29, 0.717) is 17.1 Å². The van der Waals surface area contributed by atoms with Gasteiger partial charge in [0.1, 0.15) is 5.75 Å². The van der Waals surface area contributed by atoms with Crippen molar-refractivity contribution in [1.82, 2.24) is 14.8 Å². The van der Waals surface area contributed by atoms with Crippen LogP contribution >= 0.6 is 10.7 Å². The maximum absolute atomic E-state index is 11.3. The second kappa shape index (κ2) is 5.41. The van der Waals surface area contributed by atoms with Crippen molar-refractivity contribution >= 4 is 19.7 Å². The fourth-order valence-corrected chi connectivity index (χ4v) is 2.71. The molecule has 0 spiro atoms. The molecule has 1 aromatic carbocycles. The van der Waals surface area contributed by atoms with Crippen molar-refractivity contribution in [2.45, 2.75) is 25.1 Å². The van der Waals surface area contributed by atoms with Crippen molar-refractivity contribution in [2.75, 3.05) is 0 Å². The summed E-state index contributed by atoms with van der Waals surface area (Å²) in [7, 11) is 2.91. The minimum atomic E-state index is -3.92. The van der Waals surface area contributed by atoms with Crippen molar-refractivity contribution in [3.05, 3.63) is 24.3 Å². The molecule has 1 aromatic heterocycles. The molecule has 0 aliphatic rings. The number of hydrogen-bond donors (Lipinski definition) is 0. The smallest absolute Gasteiger partial charge is 0.296 e. The van der Waals surface area contributed by atoms with Gasteiger partial charge in [0, 0.05) is 23.3 Å². The normalized spacial score (nSPS) is 11.8. The lowest BCUT2D eigenvalue weighted by molar-refractivity contribution is 0.242. The highest BCUT2D eigenvalue weighted by molar-refractivity contribution is 8.13. The van der Waals surface area contributed by atoms with E-state index >= 15 is 0 Å². The van der Waals surface area contributed by atoms with Crippen molar-refractivity contribution in [3.63, 3.8) is 0 Å². The van der Waals surface area contributed by atoms with E-state index in [1.807, 2.05) is 19.9 Å². The largest absolute Gasteiger partial charge is 0.491 e. The monoisotopic (exact) mass is 315 g/mol. The zero-order chi connectivity index (χ0) is 14.9. The van der Waals surface area contributed by atoms with Gasteiger partial charge in [-0.3, -0.25) is 4.57 Å². The van der Waals surface area contributed by atoms with E-state index in [4.69, 9.17) is 15.4 Å². The molecule has 6 nitrogen and oxygen atoms in total. The van der Waals surface area contributed by atoms with Crippen molar-refractivity contribution in [1.29, 1.82) is 0 Å². The number of nitrogens with zero attached hydrogens (tertiary/aromatic N) is 3. The van der Waals surface area contributed by atoms with Gasteiger partial charge in [-0.15, -0.1) is 10.2 Å². The summed E-state index contributed by atoms with van der Waals surface area (Å²) in [5, 5.41) is 7.19. The van der Waals surface area contributed by atoms with Gasteiger partial charge in [0.15, 0.2) is 5.82 Å². The molecule has 0 saturated carbocycles. The summed E-state index contributed by atoms with van der Waals surface area (Å²) in [5.41, 5.74) is 0.699. The Hall–Kier alpha value is -1.60. The Morgan fingerprint density at radius 2 is 2.00 bits per heavy atom. The van der Waals surface area contributed by atoms with E-state index in [1.165, 1.54) is 4.57 Å². The summed E-state index contributed by atoms with van der Waals surface area (Å²) in [4.78, 5) is 0. The topological polar surface area (TPSA) is 74.1 Å². The number of aromatic nitrogens is 3. The Morgan fingerprint density at radius 3 is 2.55 bits per heavy atom. The average molecular weight is 316 g/mol. The van der Waals surface area contributed by atoms with Gasteiger partial charge in [0.05, 0.1) is 6.10 Å². The first-order valence-electron chi connectivity index (χ1n) is 5.90. The highest BCUT2D eigenvalue weighted by Crippen LogP contribution is 2.25. The number of hydrogen-bond acceptors (Lipinski definition) is 5.